The largest absolute Gasteiger partial charge is 0.508 e. The van der Waals surface area contributed by atoms with Crippen molar-refractivity contribution in [1.82, 2.24) is 0 Å². The lowest BCUT2D eigenvalue weighted by Gasteiger charge is -2.26. The number of carbonyl (C=O) groups is 1. The van der Waals surface area contributed by atoms with Crippen LogP contribution < -0.4 is 4.74 Å². The first-order valence-corrected chi connectivity index (χ1v) is 6.10. The number of fused-ring (bicyclic) bond motifs is 1. The molecule has 1 aliphatic heterocycles. The lowest BCUT2D eigenvalue weighted by atomic mass is 9.95. The van der Waals surface area contributed by atoms with Crippen molar-refractivity contribution in [3.05, 3.63) is 47.5 Å². The highest BCUT2D eigenvalue weighted by atomic mass is 16.5. The number of hydrogen-bond acceptors (Lipinski definition) is 5. The van der Waals surface area contributed by atoms with E-state index >= 15 is 0 Å². The number of phenolic OH excluding ortho intramolecular Hbond substituents is 3. The van der Waals surface area contributed by atoms with Gasteiger partial charge >= 0.3 is 0 Å². The zero-order chi connectivity index (χ0) is 14.3. The van der Waals surface area contributed by atoms with Gasteiger partial charge in [-0.25, -0.2) is 0 Å². The van der Waals surface area contributed by atoms with Crippen LogP contribution >= 0.6 is 0 Å². The number of Topliss-reactive ketones (excluding diaryl/α,β-unsaturated/α-hetero) is 1. The topological polar surface area (TPSA) is 87.0 Å². The summed E-state index contributed by atoms with van der Waals surface area (Å²) in [4.78, 5) is 12.1. The van der Waals surface area contributed by atoms with Gasteiger partial charge in [-0.15, -0.1) is 0 Å². The summed E-state index contributed by atoms with van der Waals surface area (Å²) in [7, 11) is 0. The van der Waals surface area contributed by atoms with Crippen LogP contribution in [0, 0.1) is 0 Å². The molecule has 0 saturated carbocycles. The zero-order valence-electron chi connectivity index (χ0n) is 10.4. The first kappa shape index (κ1) is 12.3. The molecule has 2 aromatic carbocycles. The fourth-order valence-electron chi connectivity index (χ4n) is 2.36. The molecule has 1 aliphatic rings. The molecule has 0 aromatic heterocycles. The van der Waals surface area contributed by atoms with E-state index in [2.05, 4.69) is 0 Å². The summed E-state index contributed by atoms with van der Waals surface area (Å²) >= 11 is 0. The molecule has 0 saturated heterocycles. The van der Waals surface area contributed by atoms with E-state index in [1.165, 1.54) is 12.1 Å². The quantitative estimate of drug-likeness (QED) is 0.742. The van der Waals surface area contributed by atoms with E-state index in [-0.39, 0.29) is 40.8 Å². The average molecular weight is 272 g/mol. The van der Waals surface area contributed by atoms with Crippen molar-refractivity contribution in [2.75, 3.05) is 0 Å². The van der Waals surface area contributed by atoms with E-state index in [1.54, 1.807) is 18.2 Å². The first-order chi connectivity index (χ1) is 9.56. The monoisotopic (exact) mass is 272 g/mol. The van der Waals surface area contributed by atoms with E-state index in [0.717, 1.165) is 6.07 Å². The maximum absolute atomic E-state index is 12.1. The lowest BCUT2D eigenvalue weighted by Crippen LogP contribution is -2.20. The Kier molecular flexibility index (Phi) is 2.75. The standard InChI is InChI=1S/C15H12O5/c16-8-5-11(18)15-12(19)7-13(20-14(15)6-8)9-3-1-2-4-10(9)17/h1-6,13,16-18H,7H2/t13-/m0/s1. The highest BCUT2D eigenvalue weighted by Crippen LogP contribution is 2.42. The van der Waals surface area contributed by atoms with Crippen LogP contribution in [-0.2, 0) is 0 Å². The number of carbonyl (C=O) groups excluding carboxylic acids is 1. The normalized spacial score (nSPS) is 17.4. The Bertz CT molecular complexity index is 693. The number of aromatic hydroxyl groups is 3. The number of ether oxygens (including phenoxy) is 1. The van der Waals surface area contributed by atoms with Crippen molar-refractivity contribution < 1.29 is 24.9 Å². The maximum atomic E-state index is 12.1. The maximum Gasteiger partial charge on any atom is 0.174 e. The SMILES string of the molecule is O=C1C[C@@H](c2ccccc2O)Oc2cc(O)cc(O)c21. The molecule has 0 bridgehead atoms. The van der Waals surface area contributed by atoms with Crippen LogP contribution in [0.3, 0.4) is 0 Å². The molecule has 20 heavy (non-hydrogen) atoms. The van der Waals surface area contributed by atoms with E-state index in [4.69, 9.17) is 4.74 Å². The molecular weight excluding hydrogens is 260 g/mol. The zero-order valence-corrected chi connectivity index (χ0v) is 10.4. The van der Waals surface area contributed by atoms with Gasteiger partial charge in [-0.2, -0.15) is 0 Å². The molecule has 3 N–H and O–H groups in total. The summed E-state index contributed by atoms with van der Waals surface area (Å²) in [6.07, 6.45) is -0.625. The van der Waals surface area contributed by atoms with Crippen LogP contribution in [0.25, 0.3) is 0 Å². The summed E-state index contributed by atoms with van der Waals surface area (Å²) < 4.78 is 5.63. The molecule has 0 unspecified atom stereocenters. The van der Waals surface area contributed by atoms with Crippen molar-refractivity contribution in [3.8, 4) is 23.0 Å². The van der Waals surface area contributed by atoms with E-state index < -0.39 is 6.10 Å². The third-order valence-electron chi connectivity index (χ3n) is 3.27. The van der Waals surface area contributed by atoms with Gasteiger partial charge < -0.3 is 20.1 Å². The lowest BCUT2D eigenvalue weighted by molar-refractivity contribution is 0.0842. The Balaban J connectivity index is 2.05. The molecule has 1 atom stereocenters. The van der Waals surface area contributed by atoms with Gasteiger partial charge in [-0.05, 0) is 6.07 Å². The minimum absolute atomic E-state index is 0.0168. The Labute approximate surface area is 114 Å². The van der Waals surface area contributed by atoms with Crippen LogP contribution in [0.5, 0.6) is 23.0 Å². The summed E-state index contributed by atoms with van der Waals surface area (Å²) in [6.45, 7) is 0. The number of hydrogen-bond donors (Lipinski definition) is 3. The van der Waals surface area contributed by atoms with Crippen molar-refractivity contribution >= 4 is 5.78 Å². The first-order valence-electron chi connectivity index (χ1n) is 6.10. The number of ketones is 1. The van der Waals surface area contributed by atoms with Gasteiger partial charge in [-0.1, -0.05) is 18.2 Å². The summed E-state index contributed by atoms with van der Waals surface area (Å²) in [6, 6.07) is 8.96. The number of phenols is 3. The predicted molar refractivity (Wildman–Crippen MR) is 70.2 cm³/mol. The van der Waals surface area contributed by atoms with Crippen LogP contribution in [0.4, 0.5) is 0 Å². The molecule has 0 spiro atoms. The highest BCUT2D eigenvalue weighted by Gasteiger charge is 2.31. The van der Waals surface area contributed by atoms with Gasteiger partial charge in [0.2, 0.25) is 0 Å². The Morgan fingerprint density at radius 1 is 1.05 bits per heavy atom. The summed E-state index contributed by atoms with van der Waals surface area (Å²) in [5.74, 6) is -0.630. The minimum atomic E-state index is -0.641. The summed E-state index contributed by atoms with van der Waals surface area (Å²) in [5, 5.41) is 29.0. The molecule has 102 valence electrons. The second-order valence-electron chi connectivity index (χ2n) is 4.63. The molecule has 0 aliphatic carbocycles. The summed E-state index contributed by atoms with van der Waals surface area (Å²) in [5.41, 5.74) is 0.559. The molecule has 5 nitrogen and oxygen atoms in total. The third-order valence-corrected chi connectivity index (χ3v) is 3.27. The van der Waals surface area contributed by atoms with Crippen LogP contribution in [0.1, 0.15) is 28.4 Å². The average Bonchev–Trinajstić information content (AvgIpc) is 2.37. The van der Waals surface area contributed by atoms with Crippen molar-refractivity contribution in [1.29, 1.82) is 0 Å². The van der Waals surface area contributed by atoms with Gasteiger partial charge in [0, 0.05) is 17.7 Å². The Morgan fingerprint density at radius 2 is 1.80 bits per heavy atom. The van der Waals surface area contributed by atoms with Crippen molar-refractivity contribution in [2.45, 2.75) is 12.5 Å². The third kappa shape index (κ3) is 1.93. The smallest absolute Gasteiger partial charge is 0.174 e. The van der Waals surface area contributed by atoms with Gasteiger partial charge in [0.1, 0.15) is 34.7 Å². The molecule has 5 heteroatoms. The number of benzene rings is 2. The molecule has 2 aromatic rings. The van der Waals surface area contributed by atoms with E-state index in [0.29, 0.717) is 5.56 Å². The van der Waals surface area contributed by atoms with Crippen molar-refractivity contribution in [3.63, 3.8) is 0 Å². The van der Waals surface area contributed by atoms with Gasteiger partial charge in [0.15, 0.2) is 5.78 Å². The molecule has 0 fully saturated rings. The van der Waals surface area contributed by atoms with E-state index in [9.17, 15) is 20.1 Å². The van der Waals surface area contributed by atoms with E-state index in [1.807, 2.05) is 0 Å². The van der Waals surface area contributed by atoms with Crippen LogP contribution in [-0.4, -0.2) is 21.1 Å². The van der Waals surface area contributed by atoms with Crippen LogP contribution in [0.15, 0.2) is 36.4 Å². The fraction of sp³-hybridized carbons (Fsp3) is 0.133. The Hall–Kier alpha value is -2.69. The fourth-order valence-corrected chi connectivity index (χ4v) is 2.36. The second-order valence-corrected chi connectivity index (χ2v) is 4.63. The molecular formula is C15H12O5. The molecule has 0 amide bonds. The van der Waals surface area contributed by atoms with Crippen LogP contribution in [0.2, 0.25) is 0 Å². The second kappa shape index (κ2) is 4.45. The Morgan fingerprint density at radius 3 is 2.55 bits per heavy atom. The van der Waals surface area contributed by atoms with Gasteiger partial charge in [-0.3, -0.25) is 4.79 Å². The molecule has 3 rings (SSSR count). The van der Waals surface area contributed by atoms with Gasteiger partial charge in [0.05, 0.1) is 6.42 Å². The highest BCUT2D eigenvalue weighted by molar-refractivity contribution is 6.02. The van der Waals surface area contributed by atoms with Crippen molar-refractivity contribution in [2.24, 2.45) is 0 Å². The minimum Gasteiger partial charge on any atom is -0.508 e. The predicted octanol–water partition coefficient (Wildman–Crippen LogP) is 2.51. The molecule has 1 heterocycles. The van der Waals surface area contributed by atoms with Gasteiger partial charge in [0.25, 0.3) is 0 Å². The number of rotatable bonds is 1. The molecule has 0 radical (unpaired) electrons. The number of para-hydroxylation sites is 1.